The minimum atomic E-state index is 0.403. The molecule has 0 atom stereocenters. The first kappa shape index (κ1) is 13.6. The third-order valence-corrected chi connectivity index (χ3v) is 3.24. The third kappa shape index (κ3) is 2.87. The van der Waals surface area contributed by atoms with Crippen LogP contribution in [0.15, 0.2) is 53.3 Å². The Kier molecular flexibility index (Phi) is 3.83. The first-order valence-corrected chi connectivity index (χ1v) is 7.02. The number of nitrogens with zero attached hydrogens (tertiary/aromatic N) is 3. The van der Waals surface area contributed by atoms with Crippen molar-refractivity contribution in [2.45, 2.75) is 26.4 Å². The minimum absolute atomic E-state index is 0.403. The molecule has 0 saturated carbocycles. The van der Waals surface area contributed by atoms with Gasteiger partial charge in [-0.1, -0.05) is 37.3 Å². The van der Waals surface area contributed by atoms with E-state index in [1.807, 2.05) is 41.1 Å². The smallest absolute Gasteiger partial charge is 0.126 e. The van der Waals surface area contributed by atoms with Crippen molar-refractivity contribution in [1.82, 2.24) is 20.3 Å². The number of benzene rings is 1. The lowest BCUT2D eigenvalue weighted by molar-refractivity contribution is 0.466. The van der Waals surface area contributed by atoms with Gasteiger partial charge < -0.3 is 9.73 Å². The van der Waals surface area contributed by atoms with E-state index in [1.54, 1.807) is 12.5 Å². The number of para-hydroxylation sites is 1. The van der Waals surface area contributed by atoms with Gasteiger partial charge in [-0.05, 0) is 18.2 Å². The van der Waals surface area contributed by atoms with E-state index in [9.17, 15) is 0 Å². The van der Waals surface area contributed by atoms with E-state index in [0.29, 0.717) is 12.6 Å². The van der Waals surface area contributed by atoms with Crippen LogP contribution in [-0.2, 0) is 6.54 Å². The van der Waals surface area contributed by atoms with Crippen molar-refractivity contribution in [2.75, 3.05) is 0 Å². The lowest BCUT2D eigenvalue weighted by atomic mass is 10.1. The fraction of sp³-hybridized carbons (Fsp3) is 0.250. The van der Waals surface area contributed by atoms with E-state index in [0.717, 1.165) is 22.7 Å². The first-order valence-electron chi connectivity index (χ1n) is 7.02. The Morgan fingerprint density at radius 3 is 2.76 bits per heavy atom. The predicted molar refractivity (Wildman–Crippen MR) is 81.0 cm³/mol. The number of rotatable bonds is 5. The highest BCUT2D eigenvalue weighted by atomic mass is 16.3. The fourth-order valence-corrected chi connectivity index (χ4v) is 2.18. The summed E-state index contributed by atoms with van der Waals surface area (Å²) < 4.78 is 7.42. The summed E-state index contributed by atoms with van der Waals surface area (Å²) in [7, 11) is 0. The zero-order valence-corrected chi connectivity index (χ0v) is 12.2. The van der Waals surface area contributed by atoms with Crippen molar-refractivity contribution < 1.29 is 4.42 Å². The molecular formula is C16H18N4O. The first-order chi connectivity index (χ1) is 10.3. The summed E-state index contributed by atoms with van der Waals surface area (Å²) >= 11 is 0. The van der Waals surface area contributed by atoms with E-state index in [1.165, 1.54) is 0 Å². The molecule has 0 saturated heterocycles. The molecule has 5 heteroatoms. The van der Waals surface area contributed by atoms with Crippen LogP contribution in [0.5, 0.6) is 0 Å². The second kappa shape index (κ2) is 5.93. The van der Waals surface area contributed by atoms with Crippen molar-refractivity contribution in [3.8, 4) is 16.9 Å². The Balaban J connectivity index is 1.96. The molecule has 0 bridgehead atoms. The quantitative estimate of drug-likeness (QED) is 0.781. The summed E-state index contributed by atoms with van der Waals surface area (Å²) in [5.41, 5.74) is 2.92. The fourth-order valence-electron chi connectivity index (χ4n) is 2.18. The molecule has 108 valence electrons. The highest BCUT2D eigenvalue weighted by molar-refractivity contribution is 5.63. The highest BCUT2D eigenvalue weighted by Crippen LogP contribution is 2.26. The molecular weight excluding hydrogens is 264 g/mol. The molecule has 1 N–H and O–H groups in total. The van der Waals surface area contributed by atoms with Gasteiger partial charge in [0.25, 0.3) is 0 Å². The number of hydrogen-bond acceptors (Lipinski definition) is 4. The van der Waals surface area contributed by atoms with Gasteiger partial charge in [0.15, 0.2) is 0 Å². The van der Waals surface area contributed by atoms with Crippen LogP contribution in [0.2, 0.25) is 0 Å². The number of hydrogen-bond donors (Lipinski definition) is 1. The molecule has 3 aromatic rings. The molecule has 0 aliphatic carbocycles. The molecule has 0 aliphatic heterocycles. The Hall–Kier alpha value is -2.40. The van der Waals surface area contributed by atoms with Crippen molar-refractivity contribution in [2.24, 2.45) is 0 Å². The minimum Gasteiger partial charge on any atom is -0.467 e. The van der Waals surface area contributed by atoms with Gasteiger partial charge in [0, 0.05) is 11.6 Å². The summed E-state index contributed by atoms with van der Waals surface area (Å²) in [4.78, 5) is 0. The standard InChI is InChI=1S/C16H18N4O/c1-12(2)17-11-16-14(8-9-21-16)15-10-18-19-20(15)13-6-4-3-5-7-13/h3-10,12,17H,11H2,1-2H3. The van der Waals surface area contributed by atoms with Gasteiger partial charge in [0.2, 0.25) is 0 Å². The number of nitrogens with one attached hydrogen (secondary N) is 1. The molecule has 21 heavy (non-hydrogen) atoms. The zero-order valence-electron chi connectivity index (χ0n) is 12.2. The Bertz CT molecular complexity index is 700. The molecule has 1 aromatic carbocycles. The van der Waals surface area contributed by atoms with Crippen LogP contribution >= 0.6 is 0 Å². The van der Waals surface area contributed by atoms with E-state index in [-0.39, 0.29) is 0 Å². The summed E-state index contributed by atoms with van der Waals surface area (Å²) in [5, 5.41) is 11.6. The van der Waals surface area contributed by atoms with E-state index < -0.39 is 0 Å². The summed E-state index contributed by atoms with van der Waals surface area (Å²) in [5.74, 6) is 0.892. The van der Waals surface area contributed by atoms with Crippen molar-refractivity contribution >= 4 is 0 Å². The summed E-state index contributed by atoms with van der Waals surface area (Å²) in [6.07, 6.45) is 3.46. The Morgan fingerprint density at radius 2 is 2.00 bits per heavy atom. The van der Waals surface area contributed by atoms with Crippen molar-refractivity contribution in [1.29, 1.82) is 0 Å². The zero-order chi connectivity index (χ0) is 14.7. The molecule has 0 amide bonds. The predicted octanol–water partition coefficient (Wildman–Crippen LogP) is 3.03. The van der Waals surface area contributed by atoms with Crippen LogP contribution in [0, 0.1) is 0 Å². The summed E-state index contributed by atoms with van der Waals surface area (Å²) in [6, 6.07) is 12.3. The lowest BCUT2D eigenvalue weighted by Gasteiger charge is -2.09. The molecule has 0 spiro atoms. The van der Waals surface area contributed by atoms with Crippen LogP contribution in [0.3, 0.4) is 0 Å². The summed E-state index contributed by atoms with van der Waals surface area (Å²) in [6.45, 7) is 4.90. The third-order valence-electron chi connectivity index (χ3n) is 3.24. The van der Waals surface area contributed by atoms with E-state index in [4.69, 9.17) is 4.42 Å². The van der Waals surface area contributed by atoms with Gasteiger partial charge in [-0.15, -0.1) is 5.10 Å². The number of aromatic nitrogens is 3. The Labute approximate surface area is 123 Å². The average molecular weight is 282 g/mol. The molecule has 2 aromatic heterocycles. The molecule has 0 aliphatic rings. The van der Waals surface area contributed by atoms with Gasteiger partial charge in [-0.25, -0.2) is 4.68 Å². The van der Waals surface area contributed by atoms with Crippen LogP contribution < -0.4 is 5.32 Å². The van der Waals surface area contributed by atoms with Crippen molar-refractivity contribution in [3.05, 3.63) is 54.6 Å². The monoisotopic (exact) mass is 282 g/mol. The van der Waals surface area contributed by atoms with Crippen LogP contribution in [0.25, 0.3) is 16.9 Å². The molecule has 0 unspecified atom stereocenters. The topological polar surface area (TPSA) is 55.9 Å². The maximum absolute atomic E-state index is 5.60. The second-order valence-electron chi connectivity index (χ2n) is 5.16. The normalized spacial score (nSPS) is 11.2. The molecule has 5 nitrogen and oxygen atoms in total. The second-order valence-corrected chi connectivity index (χ2v) is 5.16. The number of furan rings is 1. The Morgan fingerprint density at radius 1 is 1.19 bits per heavy atom. The van der Waals surface area contributed by atoms with Crippen molar-refractivity contribution in [3.63, 3.8) is 0 Å². The average Bonchev–Trinajstić information content (AvgIpc) is 3.14. The van der Waals surface area contributed by atoms with Gasteiger partial charge in [-0.3, -0.25) is 0 Å². The van der Waals surface area contributed by atoms with Crippen LogP contribution in [-0.4, -0.2) is 21.0 Å². The largest absolute Gasteiger partial charge is 0.467 e. The van der Waals surface area contributed by atoms with Gasteiger partial charge in [0.1, 0.15) is 5.76 Å². The lowest BCUT2D eigenvalue weighted by Crippen LogP contribution is -2.21. The molecule has 3 rings (SSSR count). The SMILES string of the molecule is CC(C)NCc1occc1-c1cnnn1-c1ccccc1. The van der Waals surface area contributed by atoms with Crippen LogP contribution in [0.1, 0.15) is 19.6 Å². The van der Waals surface area contributed by atoms with E-state index >= 15 is 0 Å². The van der Waals surface area contributed by atoms with Gasteiger partial charge in [0.05, 0.1) is 30.4 Å². The molecule has 2 heterocycles. The van der Waals surface area contributed by atoms with E-state index in [2.05, 4.69) is 29.5 Å². The van der Waals surface area contributed by atoms with Gasteiger partial charge in [-0.2, -0.15) is 0 Å². The van der Waals surface area contributed by atoms with Crippen LogP contribution in [0.4, 0.5) is 0 Å². The van der Waals surface area contributed by atoms with Gasteiger partial charge >= 0.3 is 0 Å². The molecule has 0 fully saturated rings. The maximum Gasteiger partial charge on any atom is 0.126 e. The highest BCUT2D eigenvalue weighted by Gasteiger charge is 2.15. The molecule has 0 radical (unpaired) electrons. The maximum atomic E-state index is 5.60.